The second kappa shape index (κ2) is 6.78. The zero-order valence-electron chi connectivity index (χ0n) is 10.3. The molecule has 0 aliphatic rings. The van der Waals surface area contributed by atoms with Gasteiger partial charge < -0.3 is 14.7 Å². The molecule has 1 aromatic rings. The summed E-state index contributed by atoms with van der Waals surface area (Å²) in [5.74, 6) is 0.0873. The fourth-order valence-electron chi connectivity index (χ4n) is 1.64. The first kappa shape index (κ1) is 13.4. The highest BCUT2D eigenvalue weighted by Crippen LogP contribution is 2.27. The molecule has 0 fully saturated rings. The summed E-state index contributed by atoms with van der Waals surface area (Å²) in [7, 11) is 1.94. The smallest absolute Gasteiger partial charge is 0.303 e. The van der Waals surface area contributed by atoms with Crippen LogP contribution >= 0.6 is 0 Å². The molecule has 0 saturated heterocycles. The molecule has 0 atom stereocenters. The molecule has 0 saturated carbocycles. The molecule has 0 radical (unpaired) electrons. The number of benzene rings is 1. The number of anilines is 1. The summed E-state index contributed by atoms with van der Waals surface area (Å²) < 4.78 is 5.53. The Bertz CT molecular complexity index is 365. The maximum Gasteiger partial charge on any atom is 0.303 e. The number of ether oxygens (including phenoxy) is 1. The molecule has 17 heavy (non-hydrogen) atoms. The Morgan fingerprint density at radius 3 is 2.76 bits per heavy atom. The van der Waals surface area contributed by atoms with E-state index in [1.165, 1.54) is 0 Å². The third-order valence-corrected chi connectivity index (χ3v) is 2.46. The number of para-hydroxylation sites is 2. The SMILES string of the molecule is CCOc1ccccc1N(C)CCCC(=O)O. The van der Waals surface area contributed by atoms with E-state index >= 15 is 0 Å². The van der Waals surface area contributed by atoms with Crippen LogP contribution < -0.4 is 9.64 Å². The number of hydrogen-bond donors (Lipinski definition) is 1. The highest BCUT2D eigenvalue weighted by molar-refractivity contribution is 5.66. The van der Waals surface area contributed by atoms with Gasteiger partial charge in [-0.2, -0.15) is 0 Å². The van der Waals surface area contributed by atoms with Gasteiger partial charge in [0.05, 0.1) is 12.3 Å². The van der Waals surface area contributed by atoms with Crippen molar-refractivity contribution in [1.29, 1.82) is 0 Å². The van der Waals surface area contributed by atoms with Crippen molar-refractivity contribution in [1.82, 2.24) is 0 Å². The number of hydrogen-bond acceptors (Lipinski definition) is 3. The van der Waals surface area contributed by atoms with E-state index in [-0.39, 0.29) is 6.42 Å². The van der Waals surface area contributed by atoms with E-state index in [4.69, 9.17) is 9.84 Å². The predicted octanol–water partition coefficient (Wildman–Crippen LogP) is 2.39. The van der Waals surface area contributed by atoms with Gasteiger partial charge in [-0.15, -0.1) is 0 Å². The normalized spacial score (nSPS) is 10.0. The highest BCUT2D eigenvalue weighted by Gasteiger charge is 2.08. The molecule has 0 amide bonds. The molecule has 1 aromatic carbocycles. The van der Waals surface area contributed by atoms with Gasteiger partial charge in [-0.1, -0.05) is 12.1 Å². The van der Waals surface area contributed by atoms with Gasteiger partial charge in [-0.25, -0.2) is 0 Å². The van der Waals surface area contributed by atoms with Crippen LogP contribution in [0.2, 0.25) is 0 Å². The summed E-state index contributed by atoms with van der Waals surface area (Å²) in [5.41, 5.74) is 1.000. The lowest BCUT2D eigenvalue weighted by atomic mass is 10.2. The van der Waals surface area contributed by atoms with Gasteiger partial charge in [0.1, 0.15) is 5.75 Å². The fourth-order valence-corrected chi connectivity index (χ4v) is 1.64. The van der Waals surface area contributed by atoms with Gasteiger partial charge in [0.2, 0.25) is 0 Å². The van der Waals surface area contributed by atoms with E-state index in [9.17, 15) is 4.79 Å². The standard InChI is InChI=1S/C13H19NO3/c1-3-17-12-8-5-4-7-11(12)14(2)10-6-9-13(15)16/h4-5,7-8H,3,6,9-10H2,1-2H3,(H,15,16). The van der Waals surface area contributed by atoms with E-state index in [1.54, 1.807) is 0 Å². The van der Waals surface area contributed by atoms with Gasteiger partial charge in [0.25, 0.3) is 0 Å². The maximum atomic E-state index is 10.4. The topological polar surface area (TPSA) is 49.8 Å². The quantitative estimate of drug-likeness (QED) is 0.791. The maximum absolute atomic E-state index is 10.4. The molecule has 4 heteroatoms. The Hall–Kier alpha value is -1.71. The lowest BCUT2D eigenvalue weighted by molar-refractivity contribution is -0.137. The Morgan fingerprint density at radius 1 is 1.41 bits per heavy atom. The number of rotatable bonds is 7. The number of nitrogens with zero attached hydrogens (tertiary/aromatic N) is 1. The summed E-state index contributed by atoms with van der Waals surface area (Å²) in [4.78, 5) is 12.5. The van der Waals surface area contributed by atoms with Crippen molar-refractivity contribution in [2.45, 2.75) is 19.8 Å². The summed E-state index contributed by atoms with van der Waals surface area (Å²) in [6.07, 6.45) is 0.827. The van der Waals surface area contributed by atoms with E-state index in [0.717, 1.165) is 11.4 Å². The minimum absolute atomic E-state index is 0.196. The number of aliphatic carboxylic acids is 1. The van der Waals surface area contributed by atoms with Crippen LogP contribution in [-0.4, -0.2) is 31.3 Å². The summed E-state index contributed by atoms with van der Waals surface area (Å²) >= 11 is 0. The van der Waals surface area contributed by atoms with Crippen LogP contribution in [0.3, 0.4) is 0 Å². The molecule has 0 bridgehead atoms. The van der Waals surface area contributed by atoms with Crippen LogP contribution in [0.1, 0.15) is 19.8 Å². The minimum atomic E-state index is -0.753. The van der Waals surface area contributed by atoms with Crippen molar-refractivity contribution < 1.29 is 14.6 Å². The Balaban J connectivity index is 2.60. The summed E-state index contributed by atoms with van der Waals surface area (Å²) in [6, 6.07) is 7.78. The van der Waals surface area contributed by atoms with Crippen molar-refractivity contribution in [3.05, 3.63) is 24.3 Å². The molecule has 0 aromatic heterocycles. The second-order valence-corrected chi connectivity index (χ2v) is 3.82. The first-order chi connectivity index (χ1) is 8.15. The van der Waals surface area contributed by atoms with Gasteiger partial charge in [-0.3, -0.25) is 4.79 Å². The molecule has 1 N–H and O–H groups in total. The van der Waals surface area contributed by atoms with Crippen molar-refractivity contribution in [2.75, 3.05) is 25.1 Å². The highest BCUT2D eigenvalue weighted by atomic mass is 16.5. The molecule has 0 aliphatic heterocycles. The van der Waals surface area contributed by atoms with Crippen molar-refractivity contribution >= 4 is 11.7 Å². The Kier molecular flexibility index (Phi) is 5.33. The summed E-state index contributed by atoms with van der Waals surface area (Å²) in [6.45, 7) is 3.28. The van der Waals surface area contributed by atoms with Crippen molar-refractivity contribution in [3.63, 3.8) is 0 Å². The lowest BCUT2D eigenvalue weighted by Gasteiger charge is -2.21. The van der Waals surface area contributed by atoms with Crippen molar-refractivity contribution in [2.24, 2.45) is 0 Å². The van der Waals surface area contributed by atoms with Crippen LogP contribution in [0.25, 0.3) is 0 Å². The summed E-state index contributed by atoms with van der Waals surface area (Å²) in [5, 5.41) is 8.59. The van der Waals surface area contributed by atoms with Crippen molar-refractivity contribution in [3.8, 4) is 5.75 Å². The van der Waals surface area contributed by atoms with E-state index in [1.807, 2.05) is 43.1 Å². The van der Waals surface area contributed by atoms with Gasteiger partial charge in [0.15, 0.2) is 0 Å². The van der Waals surface area contributed by atoms with Crippen LogP contribution in [0.4, 0.5) is 5.69 Å². The van der Waals surface area contributed by atoms with E-state index in [0.29, 0.717) is 19.6 Å². The molecule has 0 unspecified atom stereocenters. The van der Waals surface area contributed by atoms with Gasteiger partial charge in [0, 0.05) is 20.0 Å². The van der Waals surface area contributed by atoms with E-state index < -0.39 is 5.97 Å². The molecule has 0 heterocycles. The second-order valence-electron chi connectivity index (χ2n) is 3.82. The molecular formula is C13H19NO3. The largest absolute Gasteiger partial charge is 0.492 e. The van der Waals surface area contributed by atoms with E-state index in [2.05, 4.69) is 0 Å². The fraction of sp³-hybridized carbons (Fsp3) is 0.462. The molecule has 0 aliphatic carbocycles. The predicted molar refractivity (Wildman–Crippen MR) is 67.8 cm³/mol. The monoisotopic (exact) mass is 237 g/mol. The minimum Gasteiger partial charge on any atom is -0.492 e. The van der Waals surface area contributed by atoms with Crippen LogP contribution in [0.5, 0.6) is 5.75 Å². The third kappa shape index (κ3) is 4.34. The zero-order valence-corrected chi connectivity index (χ0v) is 10.3. The zero-order chi connectivity index (χ0) is 12.7. The first-order valence-electron chi connectivity index (χ1n) is 5.80. The first-order valence-corrected chi connectivity index (χ1v) is 5.80. The molecule has 94 valence electrons. The average Bonchev–Trinajstić information content (AvgIpc) is 2.29. The molecule has 1 rings (SSSR count). The number of carbonyl (C=O) groups is 1. The van der Waals surface area contributed by atoms with Gasteiger partial charge in [-0.05, 0) is 25.5 Å². The number of carboxylic acid groups (broad SMARTS) is 1. The average molecular weight is 237 g/mol. The molecular weight excluding hydrogens is 218 g/mol. The lowest BCUT2D eigenvalue weighted by Crippen LogP contribution is -2.20. The number of carboxylic acids is 1. The molecule has 0 spiro atoms. The van der Waals surface area contributed by atoms with Crippen LogP contribution in [-0.2, 0) is 4.79 Å². The Labute approximate surface area is 102 Å². The van der Waals surface area contributed by atoms with Crippen LogP contribution in [0, 0.1) is 0 Å². The van der Waals surface area contributed by atoms with Gasteiger partial charge >= 0.3 is 5.97 Å². The third-order valence-electron chi connectivity index (χ3n) is 2.46. The Morgan fingerprint density at radius 2 is 2.12 bits per heavy atom. The molecule has 4 nitrogen and oxygen atoms in total. The van der Waals surface area contributed by atoms with Crippen LogP contribution in [0.15, 0.2) is 24.3 Å².